The molecule has 0 heterocycles. The van der Waals surface area contributed by atoms with Gasteiger partial charge in [-0.05, 0) is 42.8 Å². The third kappa shape index (κ3) is 5.46. The van der Waals surface area contributed by atoms with Crippen molar-refractivity contribution < 1.29 is 17.9 Å². The normalized spacial score (nSPS) is 10.7. The molecule has 1 amide bonds. The number of ether oxygens (including phenoxy) is 1. The fourth-order valence-electron chi connectivity index (χ4n) is 2.55. The van der Waals surface area contributed by atoms with Crippen molar-refractivity contribution in [2.75, 3.05) is 29.5 Å². The molecule has 0 radical (unpaired) electrons. The summed E-state index contributed by atoms with van der Waals surface area (Å²) in [7, 11) is -2.10. The summed E-state index contributed by atoms with van der Waals surface area (Å²) in [6, 6.07) is 13.6. The number of amides is 1. The van der Waals surface area contributed by atoms with E-state index in [1.807, 2.05) is 19.1 Å². The Hall–Kier alpha value is -3.05. The van der Waals surface area contributed by atoms with Gasteiger partial charge in [0.2, 0.25) is 15.9 Å². The van der Waals surface area contributed by atoms with Gasteiger partial charge in [-0.1, -0.05) is 12.1 Å². The van der Waals surface area contributed by atoms with E-state index >= 15 is 0 Å². The van der Waals surface area contributed by atoms with Crippen LogP contribution in [0, 0.1) is 18.3 Å². The van der Waals surface area contributed by atoms with Gasteiger partial charge in [0.15, 0.2) is 0 Å². The fourth-order valence-corrected chi connectivity index (χ4v) is 3.47. The second-order valence-electron chi connectivity index (χ2n) is 6.00. The van der Waals surface area contributed by atoms with Gasteiger partial charge < -0.3 is 10.1 Å². The number of carbonyl (C=O) groups is 1. The average Bonchev–Trinajstić information content (AvgIpc) is 2.61. The van der Waals surface area contributed by atoms with Crippen molar-refractivity contribution in [3.8, 4) is 11.8 Å². The maximum atomic E-state index is 12.3. The number of benzene rings is 2. The van der Waals surface area contributed by atoms with Crippen LogP contribution in [0.3, 0.4) is 0 Å². The monoisotopic (exact) mass is 387 g/mol. The summed E-state index contributed by atoms with van der Waals surface area (Å²) in [5, 5.41) is 11.8. The van der Waals surface area contributed by atoms with Crippen LogP contribution in [0.15, 0.2) is 42.5 Å². The summed E-state index contributed by atoms with van der Waals surface area (Å²) in [6.45, 7) is 1.84. The third-order valence-corrected chi connectivity index (χ3v) is 5.03. The molecule has 8 heteroatoms. The zero-order valence-electron chi connectivity index (χ0n) is 15.4. The van der Waals surface area contributed by atoms with Gasteiger partial charge in [-0.3, -0.25) is 9.10 Å². The molecule has 1 N–H and O–H groups in total. The van der Waals surface area contributed by atoms with Gasteiger partial charge in [-0.2, -0.15) is 5.26 Å². The average molecular weight is 387 g/mol. The molecular weight excluding hydrogens is 366 g/mol. The van der Waals surface area contributed by atoms with Gasteiger partial charge in [0.1, 0.15) is 5.75 Å². The van der Waals surface area contributed by atoms with Crippen molar-refractivity contribution in [2.45, 2.75) is 13.3 Å². The molecule has 0 bridgehead atoms. The summed E-state index contributed by atoms with van der Waals surface area (Å²) in [6.07, 6.45) is 1.01. The zero-order chi connectivity index (χ0) is 20.0. The first-order valence-corrected chi connectivity index (χ1v) is 10.0. The van der Waals surface area contributed by atoms with Crippen LogP contribution in [0.25, 0.3) is 0 Å². The number of nitriles is 1. The molecular formula is C19H21N3O4S. The van der Waals surface area contributed by atoms with Crippen molar-refractivity contribution in [3.63, 3.8) is 0 Å². The van der Waals surface area contributed by atoms with Gasteiger partial charge in [-0.25, -0.2) is 8.42 Å². The van der Waals surface area contributed by atoms with Crippen LogP contribution >= 0.6 is 0 Å². The number of anilines is 2. The lowest BCUT2D eigenvalue weighted by atomic mass is 10.2. The first kappa shape index (κ1) is 20.3. The van der Waals surface area contributed by atoms with Crippen molar-refractivity contribution in [3.05, 3.63) is 53.6 Å². The predicted molar refractivity (Wildman–Crippen MR) is 104 cm³/mol. The summed E-state index contributed by atoms with van der Waals surface area (Å²) < 4.78 is 30.6. The number of nitrogens with one attached hydrogen (secondary N) is 1. The lowest BCUT2D eigenvalue weighted by Gasteiger charge is -2.22. The van der Waals surface area contributed by atoms with Crippen molar-refractivity contribution in [2.24, 2.45) is 0 Å². The fraction of sp³-hybridized carbons (Fsp3) is 0.263. The minimum absolute atomic E-state index is 0.0479. The number of carbonyl (C=O) groups excluding carboxylic acids is 1. The standard InChI is InChI=1S/C19H21N3O4S/c1-14-7-8-18(26-2)17(11-14)21-19(23)9-10-22(27(3,24)25)16-6-4-5-15(12-16)13-20/h4-8,11-12H,9-10H2,1-3H3,(H,21,23). The highest BCUT2D eigenvalue weighted by atomic mass is 32.2. The molecule has 0 unspecified atom stereocenters. The molecule has 2 rings (SSSR count). The van der Waals surface area contributed by atoms with E-state index in [9.17, 15) is 13.2 Å². The van der Waals surface area contributed by atoms with Crippen LogP contribution in [-0.2, 0) is 14.8 Å². The third-order valence-electron chi connectivity index (χ3n) is 3.83. The Kier molecular flexibility index (Phi) is 6.42. The Balaban J connectivity index is 2.15. The quantitative estimate of drug-likeness (QED) is 0.787. The van der Waals surface area contributed by atoms with E-state index in [4.69, 9.17) is 10.00 Å². The summed E-state index contributed by atoms with van der Waals surface area (Å²) in [5.41, 5.74) is 2.17. The molecule has 0 atom stereocenters. The lowest BCUT2D eigenvalue weighted by molar-refractivity contribution is -0.116. The highest BCUT2D eigenvalue weighted by Gasteiger charge is 2.19. The highest BCUT2D eigenvalue weighted by molar-refractivity contribution is 7.92. The molecule has 0 aliphatic rings. The summed E-state index contributed by atoms with van der Waals surface area (Å²) in [4.78, 5) is 12.3. The van der Waals surface area contributed by atoms with E-state index in [1.165, 1.54) is 13.2 Å². The van der Waals surface area contributed by atoms with E-state index in [0.717, 1.165) is 16.1 Å². The second kappa shape index (κ2) is 8.56. The Morgan fingerprint density at radius 1 is 1.26 bits per heavy atom. The molecule has 27 heavy (non-hydrogen) atoms. The largest absolute Gasteiger partial charge is 0.495 e. The number of methoxy groups -OCH3 is 1. The van der Waals surface area contributed by atoms with Crippen molar-refractivity contribution >= 4 is 27.3 Å². The van der Waals surface area contributed by atoms with Crippen LogP contribution in [0.2, 0.25) is 0 Å². The number of hydrogen-bond donors (Lipinski definition) is 1. The summed E-state index contributed by atoms with van der Waals surface area (Å²) >= 11 is 0. The molecule has 0 fully saturated rings. The Morgan fingerprint density at radius 2 is 2.00 bits per heavy atom. The van der Waals surface area contributed by atoms with Crippen LogP contribution in [0.5, 0.6) is 5.75 Å². The Morgan fingerprint density at radius 3 is 2.63 bits per heavy atom. The zero-order valence-corrected chi connectivity index (χ0v) is 16.2. The van der Waals surface area contributed by atoms with E-state index in [-0.39, 0.29) is 18.9 Å². The smallest absolute Gasteiger partial charge is 0.232 e. The molecule has 142 valence electrons. The van der Waals surface area contributed by atoms with Crippen LogP contribution in [0.1, 0.15) is 17.5 Å². The van der Waals surface area contributed by atoms with Gasteiger partial charge in [-0.15, -0.1) is 0 Å². The minimum Gasteiger partial charge on any atom is -0.495 e. The van der Waals surface area contributed by atoms with Gasteiger partial charge in [0, 0.05) is 13.0 Å². The van der Waals surface area contributed by atoms with E-state index < -0.39 is 10.0 Å². The first-order valence-electron chi connectivity index (χ1n) is 8.17. The molecule has 7 nitrogen and oxygen atoms in total. The SMILES string of the molecule is COc1ccc(C)cc1NC(=O)CCN(c1cccc(C#N)c1)S(C)(=O)=O. The van der Waals surface area contributed by atoms with Crippen molar-refractivity contribution in [1.29, 1.82) is 5.26 Å². The first-order chi connectivity index (χ1) is 12.7. The highest BCUT2D eigenvalue weighted by Crippen LogP contribution is 2.25. The van der Waals surface area contributed by atoms with Gasteiger partial charge >= 0.3 is 0 Å². The molecule has 0 aliphatic heterocycles. The van der Waals surface area contributed by atoms with Crippen LogP contribution in [-0.4, -0.2) is 34.2 Å². The maximum Gasteiger partial charge on any atom is 0.232 e. The molecule has 0 saturated carbocycles. The topological polar surface area (TPSA) is 99.5 Å². The van der Waals surface area contributed by atoms with E-state index in [2.05, 4.69) is 5.32 Å². The Labute approximate surface area is 159 Å². The lowest BCUT2D eigenvalue weighted by Crippen LogP contribution is -2.33. The number of rotatable bonds is 7. The van der Waals surface area contributed by atoms with Crippen LogP contribution in [0.4, 0.5) is 11.4 Å². The number of aryl methyl sites for hydroxylation is 1. The molecule has 2 aromatic rings. The predicted octanol–water partition coefficient (Wildman–Crippen LogP) is 2.67. The molecule has 0 saturated heterocycles. The molecule has 0 aliphatic carbocycles. The Bertz CT molecular complexity index is 981. The maximum absolute atomic E-state index is 12.3. The minimum atomic E-state index is -3.61. The molecule has 0 spiro atoms. The van der Waals surface area contributed by atoms with Gasteiger partial charge in [0.05, 0.1) is 36.4 Å². The number of hydrogen-bond acceptors (Lipinski definition) is 5. The summed E-state index contributed by atoms with van der Waals surface area (Å²) in [5.74, 6) is 0.180. The van der Waals surface area contributed by atoms with E-state index in [0.29, 0.717) is 22.7 Å². The van der Waals surface area contributed by atoms with Crippen LogP contribution < -0.4 is 14.4 Å². The van der Waals surface area contributed by atoms with Gasteiger partial charge in [0.25, 0.3) is 0 Å². The molecule has 2 aromatic carbocycles. The number of sulfonamides is 1. The van der Waals surface area contributed by atoms with Crippen molar-refractivity contribution in [1.82, 2.24) is 0 Å². The molecule has 0 aromatic heterocycles. The van der Waals surface area contributed by atoms with E-state index in [1.54, 1.807) is 30.3 Å². The number of nitrogens with zero attached hydrogens (tertiary/aromatic N) is 2. The second-order valence-corrected chi connectivity index (χ2v) is 7.91.